The molecule has 6 nitrogen and oxygen atoms in total. The monoisotopic (exact) mass is 379 g/mol. The summed E-state index contributed by atoms with van der Waals surface area (Å²) in [6, 6.07) is 18.8. The van der Waals surface area contributed by atoms with E-state index in [2.05, 4.69) is 56.0 Å². The van der Waals surface area contributed by atoms with Crippen LogP contribution >= 0.6 is 0 Å². The second-order valence-corrected chi connectivity index (χ2v) is 7.25. The van der Waals surface area contributed by atoms with Gasteiger partial charge in [-0.2, -0.15) is 0 Å². The van der Waals surface area contributed by atoms with Crippen LogP contribution in [0.5, 0.6) is 5.75 Å². The van der Waals surface area contributed by atoms with Gasteiger partial charge in [-0.3, -0.25) is 14.4 Å². The summed E-state index contributed by atoms with van der Waals surface area (Å²) < 4.78 is 10.5. The van der Waals surface area contributed by atoms with Crippen molar-refractivity contribution in [2.45, 2.75) is 25.2 Å². The molecule has 1 aliphatic heterocycles. The topological polar surface area (TPSA) is 71.4 Å². The van der Waals surface area contributed by atoms with Crippen LogP contribution in [-0.2, 0) is 6.42 Å². The summed E-state index contributed by atoms with van der Waals surface area (Å²) in [5.41, 5.74) is 2.60. The highest BCUT2D eigenvalue weighted by molar-refractivity contribution is 5.31. The SMILES string of the molecule is O=c1[nH]c(C2CCN(CCOc3ccc(Cc4ccccc4)cc3)CC2)no1. The zero-order chi connectivity index (χ0) is 19.2. The Morgan fingerprint density at radius 2 is 1.75 bits per heavy atom. The van der Waals surface area contributed by atoms with Crippen molar-refractivity contribution >= 4 is 0 Å². The average molecular weight is 379 g/mol. The first-order chi connectivity index (χ1) is 13.8. The molecule has 0 atom stereocenters. The van der Waals surface area contributed by atoms with Crippen molar-refractivity contribution in [3.63, 3.8) is 0 Å². The summed E-state index contributed by atoms with van der Waals surface area (Å²) in [4.78, 5) is 16.1. The van der Waals surface area contributed by atoms with E-state index in [-0.39, 0.29) is 5.92 Å². The minimum Gasteiger partial charge on any atom is -0.492 e. The highest BCUT2D eigenvalue weighted by Crippen LogP contribution is 2.24. The van der Waals surface area contributed by atoms with Gasteiger partial charge in [0.2, 0.25) is 0 Å². The molecule has 0 saturated carbocycles. The zero-order valence-electron chi connectivity index (χ0n) is 15.8. The number of rotatable bonds is 7. The van der Waals surface area contributed by atoms with Crippen molar-refractivity contribution in [3.05, 3.63) is 82.1 Å². The summed E-state index contributed by atoms with van der Waals surface area (Å²) >= 11 is 0. The molecule has 0 spiro atoms. The van der Waals surface area contributed by atoms with Crippen LogP contribution in [0, 0.1) is 0 Å². The van der Waals surface area contributed by atoms with E-state index in [9.17, 15) is 4.79 Å². The van der Waals surface area contributed by atoms with Crippen LogP contribution in [0.15, 0.2) is 63.9 Å². The van der Waals surface area contributed by atoms with E-state index in [1.165, 1.54) is 11.1 Å². The van der Waals surface area contributed by atoms with E-state index in [0.29, 0.717) is 12.4 Å². The number of H-pyrrole nitrogens is 1. The number of hydrogen-bond acceptors (Lipinski definition) is 5. The normalized spacial score (nSPS) is 15.6. The molecule has 0 radical (unpaired) electrons. The molecule has 1 aromatic heterocycles. The van der Waals surface area contributed by atoms with Gasteiger partial charge in [-0.05, 0) is 55.6 Å². The quantitative estimate of drug-likeness (QED) is 0.682. The minimum atomic E-state index is -0.472. The van der Waals surface area contributed by atoms with Crippen molar-refractivity contribution in [1.82, 2.24) is 15.0 Å². The largest absolute Gasteiger partial charge is 0.492 e. The number of aromatic nitrogens is 2. The molecule has 28 heavy (non-hydrogen) atoms. The van der Waals surface area contributed by atoms with Gasteiger partial charge in [0.15, 0.2) is 5.82 Å². The third-order valence-electron chi connectivity index (χ3n) is 5.28. The molecule has 2 heterocycles. The van der Waals surface area contributed by atoms with Gasteiger partial charge in [-0.1, -0.05) is 47.6 Å². The van der Waals surface area contributed by atoms with E-state index in [0.717, 1.165) is 44.6 Å². The molecule has 2 aromatic carbocycles. The Kier molecular flexibility index (Phi) is 5.87. The molecule has 1 fully saturated rings. The predicted molar refractivity (Wildman–Crippen MR) is 107 cm³/mol. The van der Waals surface area contributed by atoms with Gasteiger partial charge < -0.3 is 4.74 Å². The molecule has 6 heteroatoms. The lowest BCUT2D eigenvalue weighted by Gasteiger charge is -2.30. The molecule has 0 aliphatic carbocycles. The Labute approximate surface area is 164 Å². The van der Waals surface area contributed by atoms with Crippen molar-refractivity contribution in [2.75, 3.05) is 26.2 Å². The summed E-state index contributed by atoms with van der Waals surface area (Å²) in [5.74, 6) is 1.39. The number of ether oxygens (including phenoxy) is 1. The molecular formula is C22H25N3O3. The molecule has 0 bridgehead atoms. The molecule has 1 N–H and O–H groups in total. The van der Waals surface area contributed by atoms with Crippen LogP contribution in [0.3, 0.4) is 0 Å². The Hall–Kier alpha value is -2.86. The van der Waals surface area contributed by atoms with Crippen LogP contribution < -0.4 is 10.5 Å². The fourth-order valence-corrected chi connectivity index (χ4v) is 3.68. The number of aromatic amines is 1. The first-order valence-corrected chi connectivity index (χ1v) is 9.80. The standard InChI is InChI=1S/C22H25N3O3/c26-22-23-21(24-28-22)19-10-12-25(13-11-19)14-15-27-20-8-6-18(7-9-20)16-17-4-2-1-3-5-17/h1-9,19H,10-16H2,(H,23,24,26). The van der Waals surface area contributed by atoms with Crippen molar-refractivity contribution in [1.29, 1.82) is 0 Å². The van der Waals surface area contributed by atoms with E-state index in [1.54, 1.807) is 0 Å². The number of benzene rings is 2. The Bertz CT molecular complexity index is 910. The Balaban J connectivity index is 1.19. The zero-order valence-corrected chi connectivity index (χ0v) is 15.8. The second-order valence-electron chi connectivity index (χ2n) is 7.25. The summed E-state index contributed by atoms with van der Waals surface area (Å²) in [7, 11) is 0. The van der Waals surface area contributed by atoms with Gasteiger partial charge in [0.25, 0.3) is 0 Å². The summed E-state index contributed by atoms with van der Waals surface area (Å²) in [5, 5.41) is 3.81. The lowest BCUT2D eigenvalue weighted by atomic mass is 9.96. The van der Waals surface area contributed by atoms with E-state index >= 15 is 0 Å². The smallest absolute Gasteiger partial charge is 0.438 e. The van der Waals surface area contributed by atoms with Gasteiger partial charge in [-0.15, -0.1) is 0 Å². The fourth-order valence-electron chi connectivity index (χ4n) is 3.68. The van der Waals surface area contributed by atoms with Gasteiger partial charge in [0.05, 0.1) is 0 Å². The predicted octanol–water partition coefficient (Wildman–Crippen LogP) is 3.21. The summed E-state index contributed by atoms with van der Waals surface area (Å²) in [6.45, 7) is 3.51. The van der Waals surface area contributed by atoms with Crippen LogP contribution in [0.4, 0.5) is 0 Å². The molecular weight excluding hydrogens is 354 g/mol. The minimum absolute atomic E-state index is 0.278. The summed E-state index contributed by atoms with van der Waals surface area (Å²) in [6.07, 6.45) is 2.88. The lowest BCUT2D eigenvalue weighted by molar-refractivity contribution is 0.170. The third-order valence-corrected chi connectivity index (χ3v) is 5.28. The maximum Gasteiger partial charge on any atom is 0.438 e. The van der Waals surface area contributed by atoms with E-state index in [4.69, 9.17) is 4.74 Å². The molecule has 4 rings (SSSR count). The van der Waals surface area contributed by atoms with Crippen LogP contribution in [0.25, 0.3) is 0 Å². The number of hydrogen-bond donors (Lipinski definition) is 1. The Morgan fingerprint density at radius 3 is 2.43 bits per heavy atom. The van der Waals surface area contributed by atoms with E-state index < -0.39 is 5.76 Å². The average Bonchev–Trinajstić information content (AvgIpc) is 3.17. The maximum atomic E-state index is 11.1. The van der Waals surface area contributed by atoms with Crippen molar-refractivity contribution in [3.8, 4) is 5.75 Å². The van der Waals surface area contributed by atoms with E-state index in [1.807, 2.05) is 18.2 Å². The highest BCUT2D eigenvalue weighted by atomic mass is 16.5. The van der Waals surface area contributed by atoms with Crippen molar-refractivity contribution in [2.24, 2.45) is 0 Å². The van der Waals surface area contributed by atoms with Gasteiger partial charge in [0.1, 0.15) is 12.4 Å². The molecule has 146 valence electrons. The van der Waals surface area contributed by atoms with Gasteiger partial charge >= 0.3 is 5.76 Å². The number of likely N-dealkylation sites (tertiary alicyclic amines) is 1. The third kappa shape index (κ3) is 4.89. The molecule has 1 aliphatic rings. The van der Waals surface area contributed by atoms with Crippen LogP contribution in [-0.4, -0.2) is 41.3 Å². The lowest BCUT2D eigenvalue weighted by Crippen LogP contribution is -2.36. The van der Waals surface area contributed by atoms with Crippen LogP contribution in [0.2, 0.25) is 0 Å². The fraction of sp³-hybridized carbons (Fsp3) is 0.364. The Morgan fingerprint density at radius 1 is 1.04 bits per heavy atom. The molecule has 0 amide bonds. The number of nitrogens with one attached hydrogen (secondary N) is 1. The van der Waals surface area contributed by atoms with Gasteiger partial charge in [0, 0.05) is 12.5 Å². The number of nitrogens with zero attached hydrogens (tertiary/aromatic N) is 2. The molecule has 1 saturated heterocycles. The second kappa shape index (κ2) is 8.89. The molecule has 3 aromatic rings. The first-order valence-electron chi connectivity index (χ1n) is 9.80. The van der Waals surface area contributed by atoms with Gasteiger partial charge in [-0.25, -0.2) is 4.79 Å². The number of piperidine rings is 1. The van der Waals surface area contributed by atoms with Crippen LogP contribution in [0.1, 0.15) is 35.7 Å². The highest BCUT2D eigenvalue weighted by Gasteiger charge is 2.23. The maximum absolute atomic E-state index is 11.1. The van der Waals surface area contributed by atoms with Crippen molar-refractivity contribution < 1.29 is 9.26 Å². The first kappa shape index (κ1) is 18.5. The molecule has 0 unspecified atom stereocenters.